The van der Waals surface area contributed by atoms with Crippen LogP contribution < -0.4 is 0 Å². The topological polar surface area (TPSA) is 60.9 Å². The maximum Gasteiger partial charge on any atom is 0.308 e. The molecule has 1 fully saturated rings. The summed E-state index contributed by atoms with van der Waals surface area (Å²) in [6.07, 6.45) is 0.153. The molecular weight excluding hydrogens is 208 g/mol. The van der Waals surface area contributed by atoms with E-state index in [2.05, 4.69) is 18.7 Å². The normalized spacial score (nSPS) is 21.2. The second kappa shape index (κ2) is 5.30. The predicted molar refractivity (Wildman–Crippen MR) is 60.1 cm³/mol. The number of nitrogens with zero attached hydrogens (tertiary/aromatic N) is 2. The predicted octanol–water partition coefficient (Wildman–Crippen LogP) is 0.260. The van der Waals surface area contributed by atoms with Crippen LogP contribution in [0.5, 0.6) is 0 Å². The zero-order valence-electron chi connectivity index (χ0n) is 10.1. The smallest absolute Gasteiger partial charge is 0.308 e. The van der Waals surface area contributed by atoms with Gasteiger partial charge in [-0.25, -0.2) is 0 Å². The van der Waals surface area contributed by atoms with E-state index in [-0.39, 0.29) is 12.3 Å². The third-order valence-electron chi connectivity index (χ3n) is 3.17. The molecule has 16 heavy (non-hydrogen) atoms. The maximum absolute atomic E-state index is 11.5. The summed E-state index contributed by atoms with van der Waals surface area (Å²) in [6, 6.07) is 0.438. The molecule has 0 saturated carbocycles. The lowest BCUT2D eigenvalue weighted by Gasteiger charge is -2.24. The Morgan fingerprint density at radius 2 is 2.25 bits per heavy atom. The summed E-state index contributed by atoms with van der Waals surface area (Å²) in [5.41, 5.74) is 0. The van der Waals surface area contributed by atoms with Gasteiger partial charge in [-0.05, 0) is 20.9 Å². The van der Waals surface area contributed by atoms with Gasteiger partial charge in [-0.2, -0.15) is 0 Å². The molecule has 92 valence electrons. The van der Waals surface area contributed by atoms with Gasteiger partial charge < -0.3 is 14.9 Å². The third kappa shape index (κ3) is 3.20. The number of carbonyl (C=O) groups excluding carboxylic acids is 1. The van der Waals surface area contributed by atoms with Crippen molar-refractivity contribution in [3.63, 3.8) is 0 Å². The minimum absolute atomic E-state index is 0.0374. The lowest BCUT2D eigenvalue weighted by molar-refractivity contribution is -0.141. The van der Waals surface area contributed by atoms with Gasteiger partial charge in [0, 0.05) is 32.1 Å². The van der Waals surface area contributed by atoms with Crippen molar-refractivity contribution in [2.45, 2.75) is 26.3 Å². The summed E-state index contributed by atoms with van der Waals surface area (Å²) in [7, 11) is 2.00. The number of rotatable bonds is 5. The molecule has 0 aromatic carbocycles. The quantitative estimate of drug-likeness (QED) is 0.733. The van der Waals surface area contributed by atoms with Crippen LogP contribution in [0, 0.1) is 5.92 Å². The molecule has 0 spiro atoms. The Hall–Kier alpha value is -1.10. The Kier molecular flexibility index (Phi) is 4.29. The summed E-state index contributed by atoms with van der Waals surface area (Å²) in [5.74, 6) is -1.42. The summed E-state index contributed by atoms with van der Waals surface area (Å²) < 4.78 is 0. The molecular formula is C11H20N2O3. The highest BCUT2D eigenvalue weighted by atomic mass is 16.4. The molecule has 1 heterocycles. The van der Waals surface area contributed by atoms with Crippen molar-refractivity contribution in [3.05, 3.63) is 0 Å². The van der Waals surface area contributed by atoms with E-state index in [1.165, 1.54) is 0 Å². The van der Waals surface area contributed by atoms with Crippen LogP contribution in [0.25, 0.3) is 0 Å². The Morgan fingerprint density at radius 3 is 2.69 bits per heavy atom. The fraction of sp³-hybridized carbons (Fsp3) is 0.818. The molecule has 0 aromatic rings. The molecule has 0 radical (unpaired) electrons. The van der Waals surface area contributed by atoms with Crippen LogP contribution >= 0.6 is 0 Å². The van der Waals surface area contributed by atoms with Crippen molar-refractivity contribution < 1.29 is 14.7 Å². The number of amides is 1. The second-order valence-electron chi connectivity index (χ2n) is 4.65. The zero-order chi connectivity index (χ0) is 12.3. The van der Waals surface area contributed by atoms with E-state index in [0.717, 1.165) is 6.54 Å². The summed E-state index contributed by atoms with van der Waals surface area (Å²) in [4.78, 5) is 26.1. The van der Waals surface area contributed by atoms with Crippen molar-refractivity contribution in [1.29, 1.82) is 0 Å². The van der Waals surface area contributed by atoms with E-state index < -0.39 is 11.9 Å². The van der Waals surface area contributed by atoms with Crippen LogP contribution in [0.2, 0.25) is 0 Å². The molecule has 1 saturated heterocycles. The van der Waals surface area contributed by atoms with E-state index in [4.69, 9.17) is 5.11 Å². The van der Waals surface area contributed by atoms with Crippen LogP contribution in [0.3, 0.4) is 0 Å². The molecule has 1 N–H and O–H groups in total. The van der Waals surface area contributed by atoms with Gasteiger partial charge in [0.15, 0.2) is 0 Å². The minimum atomic E-state index is -0.868. The largest absolute Gasteiger partial charge is 0.481 e. The van der Waals surface area contributed by atoms with E-state index in [0.29, 0.717) is 19.1 Å². The lowest BCUT2D eigenvalue weighted by atomic mass is 10.1. The minimum Gasteiger partial charge on any atom is -0.481 e. The van der Waals surface area contributed by atoms with Gasteiger partial charge in [0.25, 0.3) is 0 Å². The lowest BCUT2D eigenvalue weighted by Crippen LogP contribution is -2.37. The van der Waals surface area contributed by atoms with Crippen LogP contribution in [0.4, 0.5) is 0 Å². The molecule has 0 aromatic heterocycles. The Balaban J connectivity index is 2.39. The molecule has 1 amide bonds. The van der Waals surface area contributed by atoms with Gasteiger partial charge in [0.2, 0.25) is 5.91 Å². The SMILES string of the molecule is CC(C)N(C)CCN1CC(C(=O)O)CC1=O. The second-order valence-corrected chi connectivity index (χ2v) is 4.65. The highest BCUT2D eigenvalue weighted by Crippen LogP contribution is 2.17. The molecule has 1 aliphatic heterocycles. The average molecular weight is 228 g/mol. The van der Waals surface area contributed by atoms with E-state index in [1.807, 2.05) is 7.05 Å². The summed E-state index contributed by atoms with van der Waals surface area (Å²) in [5, 5.41) is 8.83. The van der Waals surface area contributed by atoms with Crippen LogP contribution in [0.15, 0.2) is 0 Å². The number of hydrogen-bond acceptors (Lipinski definition) is 3. The van der Waals surface area contributed by atoms with Gasteiger partial charge in [0.05, 0.1) is 5.92 Å². The molecule has 5 heteroatoms. The highest BCUT2D eigenvalue weighted by Gasteiger charge is 2.33. The van der Waals surface area contributed by atoms with E-state index in [1.54, 1.807) is 4.90 Å². The molecule has 5 nitrogen and oxygen atoms in total. The molecule has 1 aliphatic rings. The van der Waals surface area contributed by atoms with Gasteiger partial charge in [-0.15, -0.1) is 0 Å². The van der Waals surface area contributed by atoms with Crippen molar-refractivity contribution in [3.8, 4) is 0 Å². The standard InChI is InChI=1S/C11H20N2O3/c1-8(2)12(3)4-5-13-7-9(11(15)16)6-10(13)14/h8-9H,4-7H2,1-3H3,(H,15,16). The van der Waals surface area contributed by atoms with Crippen molar-refractivity contribution in [1.82, 2.24) is 9.80 Å². The molecule has 0 bridgehead atoms. The van der Waals surface area contributed by atoms with Crippen molar-refractivity contribution in [2.75, 3.05) is 26.7 Å². The first kappa shape index (κ1) is 13.0. The fourth-order valence-electron chi connectivity index (χ4n) is 1.69. The third-order valence-corrected chi connectivity index (χ3v) is 3.17. The number of carboxylic acids is 1. The number of carboxylic acid groups (broad SMARTS) is 1. The number of aliphatic carboxylic acids is 1. The zero-order valence-corrected chi connectivity index (χ0v) is 10.1. The monoisotopic (exact) mass is 228 g/mol. The van der Waals surface area contributed by atoms with Gasteiger partial charge in [-0.3, -0.25) is 9.59 Å². The number of hydrogen-bond donors (Lipinski definition) is 1. The number of likely N-dealkylation sites (N-methyl/N-ethyl adjacent to an activating group) is 1. The maximum atomic E-state index is 11.5. The number of likely N-dealkylation sites (tertiary alicyclic amines) is 1. The summed E-state index contributed by atoms with van der Waals surface area (Å²) >= 11 is 0. The van der Waals surface area contributed by atoms with Crippen LogP contribution in [-0.2, 0) is 9.59 Å². The Labute approximate surface area is 96.0 Å². The van der Waals surface area contributed by atoms with Crippen molar-refractivity contribution >= 4 is 11.9 Å². The van der Waals surface area contributed by atoms with E-state index >= 15 is 0 Å². The molecule has 1 rings (SSSR count). The molecule has 0 aliphatic carbocycles. The van der Waals surface area contributed by atoms with Crippen LogP contribution in [-0.4, -0.2) is 59.5 Å². The Morgan fingerprint density at radius 1 is 1.62 bits per heavy atom. The molecule has 1 atom stereocenters. The first-order valence-corrected chi connectivity index (χ1v) is 5.62. The molecule has 1 unspecified atom stereocenters. The van der Waals surface area contributed by atoms with E-state index in [9.17, 15) is 9.59 Å². The first-order chi connectivity index (χ1) is 7.41. The summed E-state index contributed by atoms with van der Waals surface area (Å²) in [6.45, 7) is 5.95. The van der Waals surface area contributed by atoms with Gasteiger partial charge in [-0.1, -0.05) is 0 Å². The van der Waals surface area contributed by atoms with Crippen LogP contribution in [0.1, 0.15) is 20.3 Å². The first-order valence-electron chi connectivity index (χ1n) is 5.62. The van der Waals surface area contributed by atoms with Gasteiger partial charge >= 0.3 is 5.97 Å². The van der Waals surface area contributed by atoms with Crippen molar-refractivity contribution in [2.24, 2.45) is 5.92 Å². The highest BCUT2D eigenvalue weighted by molar-refractivity contribution is 5.86. The fourth-order valence-corrected chi connectivity index (χ4v) is 1.69. The average Bonchev–Trinajstić information content (AvgIpc) is 2.56. The number of carbonyl (C=O) groups is 2. The Bertz CT molecular complexity index is 278. The van der Waals surface area contributed by atoms with Gasteiger partial charge in [0.1, 0.15) is 0 Å².